The number of rotatable bonds is 6. The Hall–Kier alpha value is -1.59. The molecule has 2 N–H and O–H groups in total. The molecular formula is C17H23ClN2O3. The molecule has 1 saturated heterocycles. The highest BCUT2D eigenvalue weighted by molar-refractivity contribution is 6.33. The fraction of sp³-hybridized carbons (Fsp3) is 0.529. The van der Waals surface area contributed by atoms with Gasteiger partial charge in [-0.3, -0.25) is 9.59 Å². The van der Waals surface area contributed by atoms with Crippen molar-refractivity contribution in [1.82, 2.24) is 5.32 Å². The topological polar surface area (TPSA) is 69.6 Å². The second-order valence-electron chi connectivity index (χ2n) is 6.71. The van der Waals surface area contributed by atoms with E-state index in [9.17, 15) is 9.59 Å². The Morgan fingerprint density at radius 3 is 2.78 bits per heavy atom. The van der Waals surface area contributed by atoms with Crippen molar-refractivity contribution in [3.63, 3.8) is 0 Å². The van der Waals surface area contributed by atoms with E-state index in [1.165, 1.54) is 0 Å². The van der Waals surface area contributed by atoms with E-state index in [1.807, 2.05) is 19.9 Å². The Kier molecular flexibility index (Phi) is 5.65. The number of hydrogen-bond acceptors (Lipinski definition) is 3. The molecule has 1 atom stereocenters. The number of benzene rings is 1. The maximum atomic E-state index is 12.3. The summed E-state index contributed by atoms with van der Waals surface area (Å²) in [5.74, 6) is -0.588. The fourth-order valence-electron chi connectivity index (χ4n) is 2.65. The maximum Gasteiger partial charge on any atom is 0.227 e. The first-order valence-corrected chi connectivity index (χ1v) is 8.15. The SMILES string of the molecule is CC(C)(CCO)CNC(=O)C1CC(=O)N(c2ccccc2Cl)C1. The number of aliphatic hydroxyl groups is 1. The summed E-state index contributed by atoms with van der Waals surface area (Å²) in [7, 11) is 0. The maximum absolute atomic E-state index is 12.3. The number of amides is 2. The lowest BCUT2D eigenvalue weighted by Gasteiger charge is -2.24. The number of carbonyl (C=O) groups is 2. The largest absolute Gasteiger partial charge is 0.396 e. The summed E-state index contributed by atoms with van der Waals surface area (Å²) < 4.78 is 0. The molecule has 126 valence electrons. The zero-order valence-electron chi connectivity index (χ0n) is 13.5. The molecule has 0 aromatic heterocycles. The second kappa shape index (κ2) is 7.32. The molecule has 23 heavy (non-hydrogen) atoms. The van der Waals surface area contributed by atoms with Gasteiger partial charge in [0.1, 0.15) is 0 Å². The van der Waals surface area contributed by atoms with Crippen LogP contribution in [-0.2, 0) is 9.59 Å². The summed E-state index contributed by atoms with van der Waals surface area (Å²) in [6.45, 7) is 4.88. The van der Waals surface area contributed by atoms with Crippen LogP contribution in [0.2, 0.25) is 5.02 Å². The highest BCUT2D eigenvalue weighted by atomic mass is 35.5. The number of carbonyl (C=O) groups excluding carboxylic acids is 2. The average molecular weight is 339 g/mol. The van der Waals surface area contributed by atoms with Gasteiger partial charge in [-0.05, 0) is 24.0 Å². The van der Waals surface area contributed by atoms with Gasteiger partial charge in [0.2, 0.25) is 11.8 Å². The van der Waals surface area contributed by atoms with Gasteiger partial charge in [0.05, 0.1) is 16.6 Å². The molecule has 1 aromatic carbocycles. The van der Waals surface area contributed by atoms with Crippen molar-refractivity contribution in [3.05, 3.63) is 29.3 Å². The van der Waals surface area contributed by atoms with Crippen LogP contribution >= 0.6 is 11.6 Å². The van der Waals surface area contributed by atoms with Gasteiger partial charge in [0.15, 0.2) is 0 Å². The molecule has 0 aliphatic carbocycles. The van der Waals surface area contributed by atoms with E-state index in [-0.39, 0.29) is 36.2 Å². The quantitative estimate of drug-likeness (QED) is 0.835. The van der Waals surface area contributed by atoms with Crippen LogP contribution in [0.15, 0.2) is 24.3 Å². The van der Waals surface area contributed by atoms with Crippen molar-refractivity contribution in [2.45, 2.75) is 26.7 Å². The zero-order valence-corrected chi connectivity index (χ0v) is 14.3. The first-order valence-electron chi connectivity index (χ1n) is 7.77. The lowest BCUT2D eigenvalue weighted by Crippen LogP contribution is -2.39. The van der Waals surface area contributed by atoms with E-state index in [0.717, 1.165) is 0 Å². The minimum absolute atomic E-state index is 0.0884. The van der Waals surface area contributed by atoms with E-state index in [1.54, 1.807) is 23.1 Å². The molecule has 5 nitrogen and oxygen atoms in total. The third kappa shape index (κ3) is 4.45. The molecule has 0 radical (unpaired) electrons. The van der Waals surface area contributed by atoms with Gasteiger partial charge in [-0.2, -0.15) is 0 Å². The average Bonchev–Trinajstić information content (AvgIpc) is 2.87. The summed E-state index contributed by atoms with van der Waals surface area (Å²) in [5, 5.41) is 12.4. The minimum Gasteiger partial charge on any atom is -0.396 e. The van der Waals surface area contributed by atoms with E-state index >= 15 is 0 Å². The van der Waals surface area contributed by atoms with Gasteiger partial charge in [-0.1, -0.05) is 37.6 Å². The van der Waals surface area contributed by atoms with E-state index in [2.05, 4.69) is 5.32 Å². The van der Waals surface area contributed by atoms with Crippen LogP contribution < -0.4 is 10.2 Å². The molecule has 1 unspecified atom stereocenters. The van der Waals surface area contributed by atoms with Gasteiger partial charge in [0.25, 0.3) is 0 Å². The predicted octanol–water partition coefficient (Wildman–Crippen LogP) is 2.22. The fourth-order valence-corrected chi connectivity index (χ4v) is 2.89. The predicted molar refractivity (Wildman–Crippen MR) is 90.4 cm³/mol. The van der Waals surface area contributed by atoms with Crippen LogP contribution in [0.5, 0.6) is 0 Å². The molecule has 1 aliphatic heterocycles. The number of nitrogens with one attached hydrogen (secondary N) is 1. The summed E-state index contributed by atoms with van der Waals surface area (Å²) >= 11 is 6.13. The number of hydrogen-bond donors (Lipinski definition) is 2. The normalized spacial score (nSPS) is 18.3. The molecule has 2 amide bonds. The van der Waals surface area contributed by atoms with Crippen LogP contribution in [0, 0.1) is 11.3 Å². The molecular weight excluding hydrogens is 316 g/mol. The molecule has 0 saturated carbocycles. The summed E-state index contributed by atoms with van der Waals surface area (Å²) in [5.41, 5.74) is 0.477. The molecule has 0 bridgehead atoms. The monoisotopic (exact) mass is 338 g/mol. The molecule has 0 spiro atoms. The van der Waals surface area contributed by atoms with Crippen molar-refractivity contribution in [2.75, 3.05) is 24.6 Å². The Bertz CT molecular complexity index is 589. The van der Waals surface area contributed by atoms with Crippen molar-refractivity contribution in [1.29, 1.82) is 0 Å². The van der Waals surface area contributed by atoms with E-state index in [0.29, 0.717) is 30.2 Å². The molecule has 1 heterocycles. The Balaban J connectivity index is 1.97. The van der Waals surface area contributed by atoms with Crippen molar-refractivity contribution in [2.24, 2.45) is 11.3 Å². The van der Waals surface area contributed by atoms with Gasteiger partial charge < -0.3 is 15.3 Å². The molecule has 1 aromatic rings. The van der Waals surface area contributed by atoms with Crippen molar-refractivity contribution in [3.8, 4) is 0 Å². The Labute approximate surface area is 141 Å². The van der Waals surface area contributed by atoms with Crippen LogP contribution in [0.3, 0.4) is 0 Å². The van der Waals surface area contributed by atoms with Gasteiger partial charge in [0, 0.05) is 26.1 Å². The molecule has 1 fully saturated rings. The van der Waals surface area contributed by atoms with E-state index in [4.69, 9.17) is 16.7 Å². The third-order valence-corrected chi connectivity index (χ3v) is 4.49. The number of nitrogens with zero attached hydrogens (tertiary/aromatic N) is 1. The minimum atomic E-state index is -0.372. The third-order valence-electron chi connectivity index (χ3n) is 4.17. The van der Waals surface area contributed by atoms with Gasteiger partial charge >= 0.3 is 0 Å². The molecule has 6 heteroatoms. The van der Waals surface area contributed by atoms with Crippen LogP contribution in [0.1, 0.15) is 26.7 Å². The van der Waals surface area contributed by atoms with Crippen LogP contribution in [0.4, 0.5) is 5.69 Å². The summed E-state index contributed by atoms with van der Waals surface area (Å²) in [6, 6.07) is 7.14. The first-order chi connectivity index (χ1) is 10.8. The summed E-state index contributed by atoms with van der Waals surface area (Å²) in [6.07, 6.45) is 0.806. The van der Waals surface area contributed by atoms with Crippen LogP contribution in [-0.4, -0.2) is 36.6 Å². The number of aliphatic hydroxyl groups excluding tert-OH is 1. The van der Waals surface area contributed by atoms with Crippen molar-refractivity contribution < 1.29 is 14.7 Å². The molecule has 1 aliphatic rings. The Morgan fingerprint density at radius 1 is 1.43 bits per heavy atom. The van der Waals surface area contributed by atoms with Crippen molar-refractivity contribution >= 4 is 29.1 Å². The highest BCUT2D eigenvalue weighted by Gasteiger charge is 2.36. The number of anilines is 1. The summed E-state index contributed by atoms with van der Waals surface area (Å²) in [4.78, 5) is 26.1. The Morgan fingerprint density at radius 2 is 2.13 bits per heavy atom. The smallest absolute Gasteiger partial charge is 0.227 e. The standard InChI is InChI=1S/C17H23ClN2O3/c1-17(2,7-8-21)11-19-16(23)12-9-15(22)20(10-12)14-6-4-3-5-13(14)18/h3-6,12,21H,7-11H2,1-2H3,(H,19,23). The lowest BCUT2D eigenvalue weighted by atomic mass is 9.89. The van der Waals surface area contributed by atoms with Gasteiger partial charge in [-0.25, -0.2) is 0 Å². The molecule has 2 rings (SSSR count). The zero-order chi connectivity index (χ0) is 17.0. The first kappa shape index (κ1) is 17.8. The lowest BCUT2D eigenvalue weighted by molar-refractivity contribution is -0.126. The second-order valence-corrected chi connectivity index (χ2v) is 7.12. The van der Waals surface area contributed by atoms with E-state index < -0.39 is 0 Å². The van der Waals surface area contributed by atoms with Gasteiger partial charge in [-0.15, -0.1) is 0 Å². The number of halogens is 1. The van der Waals surface area contributed by atoms with Crippen LogP contribution in [0.25, 0.3) is 0 Å². The number of para-hydroxylation sites is 1. The highest BCUT2D eigenvalue weighted by Crippen LogP contribution is 2.31.